The van der Waals surface area contributed by atoms with Crippen molar-refractivity contribution in [3.63, 3.8) is 0 Å². The number of nitrogens with zero attached hydrogens (tertiary/aromatic N) is 4. The number of phenolic OH excluding ortho intramolecular Hbond substituents is 1. The highest BCUT2D eigenvalue weighted by Crippen LogP contribution is 2.34. The van der Waals surface area contributed by atoms with E-state index < -0.39 is 0 Å². The van der Waals surface area contributed by atoms with Gasteiger partial charge in [0.1, 0.15) is 5.75 Å². The first-order valence-corrected chi connectivity index (χ1v) is 15.3. The number of aliphatic imine (C=N–C) groups is 2. The SMILES string of the molecule is O=C1NC(=NCCN2CCN(CCN=C3NC(=O)/C(=C/c4ccc5c(c4)OCO5)S3)CC2)S/C1=C\c1ccc(O)cc1. The van der Waals surface area contributed by atoms with Crippen LogP contribution in [-0.2, 0) is 9.59 Å². The van der Waals surface area contributed by atoms with Crippen LogP contribution in [0.4, 0.5) is 0 Å². The number of ether oxygens (including phenoxy) is 2. The molecule has 0 saturated carbocycles. The van der Waals surface area contributed by atoms with Gasteiger partial charge in [0.05, 0.1) is 22.9 Å². The molecule has 2 aromatic carbocycles. The average molecular weight is 607 g/mol. The van der Waals surface area contributed by atoms with Crippen molar-refractivity contribution in [2.45, 2.75) is 0 Å². The molecule has 4 heterocycles. The Morgan fingerprint density at radius 2 is 1.29 bits per heavy atom. The smallest absolute Gasteiger partial charge is 0.264 e. The summed E-state index contributed by atoms with van der Waals surface area (Å²) in [6.07, 6.45) is 3.63. The van der Waals surface area contributed by atoms with E-state index in [2.05, 4.69) is 30.4 Å². The molecule has 0 unspecified atom stereocenters. The zero-order chi connectivity index (χ0) is 28.9. The predicted octanol–water partition coefficient (Wildman–Crippen LogP) is 2.56. The molecule has 0 aromatic heterocycles. The number of carbonyl (C=O) groups excluding carboxylic acids is 2. The van der Waals surface area contributed by atoms with Gasteiger partial charge in [-0.15, -0.1) is 0 Å². The van der Waals surface area contributed by atoms with Crippen LogP contribution in [0.2, 0.25) is 0 Å². The number of carbonyl (C=O) groups is 2. The highest BCUT2D eigenvalue weighted by Gasteiger charge is 2.25. The van der Waals surface area contributed by atoms with E-state index >= 15 is 0 Å². The Balaban J connectivity index is 0.903. The summed E-state index contributed by atoms with van der Waals surface area (Å²) in [5.74, 6) is 1.29. The van der Waals surface area contributed by atoms with Crippen LogP contribution in [0.25, 0.3) is 12.2 Å². The maximum Gasteiger partial charge on any atom is 0.264 e. The highest BCUT2D eigenvalue weighted by molar-refractivity contribution is 8.19. The number of amidine groups is 2. The Bertz CT molecular complexity index is 1480. The van der Waals surface area contributed by atoms with E-state index in [4.69, 9.17) is 9.47 Å². The van der Waals surface area contributed by atoms with Crippen LogP contribution in [0.5, 0.6) is 17.2 Å². The molecule has 2 aromatic rings. The van der Waals surface area contributed by atoms with Gasteiger partial charge in [0.15, 0.2) is 21.8 Å². The fraction of sp³-hybridized carbons (Fsp3) is 0.310. The van der Waals surface area contributed by atoms with Crippen LogP contribution >= 0.6 is 23.5 Å². The molecule has 2 amide bonds. The van der Waals surface area contributed by atoms with E-state index in [1.807, 2.05) is 24.3 Å². The van der Waals surface area contributed by atoms with Crippen molar-refractivity contribution in [2.24, 2.45) is 9.98 Å². The van der Waals surface area contributed by atoms with Gasteiger partial charge < -0.3 is 25.2 Å². The van der Waals surface area contributed by atoms with Crippen LogP contribution in [0.3, 0.4) is 0 Å². The van der Waals surface area contributed by atoms with E-state index in [9.17, 15) is 14.7 Å². The number of nitrogens with one attached hydrogen (secondary N) is 2. The third-order valence-corrected chi connectivity index (χ3v) is 8.89. The third-order valence-electron chi connectivity index (χ3n) is 7.00. The lowest BCUT2D eigenvalue weighted by Crippen LogP contribution is -2.47. The van der Waals surface area contributed by atoms with Gasteiger partial charge in [0.2, 0.25) is 6.79 Å². The summed E-state index contributed by atoms with van der Waals surface area (Å²) in [7, 11) is 0. The predicted molar refractivity (Wildman–Crippen MR) is 166 cm³/mol. The molecule has 4 aliphatic heterocycles. The first kappa shape index (κ1) is 28.3. The fourth-order valence-electron chi connectivity index (χ4n) is 4.70. The minimum absolute atomic E-state index is 0.145. The molecule has 0 radical (unpaired) electrons. The van der Waals surface area contributed by atoms with Crippen LogP contribution in [-0.4, -0.2) is 96.2 Å². The zero-order valence-electron chi connectivity index (χ0n) is 22.7. The van der Waals surface area contributed by atoms with Crippen molar-refractivity contribution < 1.29 is 24.2 Å². The number of amides is 2. The molecular formula is C29H30N6O5S2. The first-order chi connectivity index (χ1) is 20.5. The molecule has 0 aliphatic carbocycles. The van der Waals surface area contributed by atoms with Gasteiger partial charge >= 0.3 is 0 Å². The molecule has 4 aliphatic rings. The van der Waals surface area contributed by atoms with Gasteiger partial charge in [-0.1, -0.05) is 18.2 Å². The number of hydrogen-bond donors (Lipinski definition) is 3. The first-order valence-electron chi connectivity index (χ1n) is 13.6. The largest absolute Gasteiger partial charge is 0.508 e. The number of aromatic hydroxyl groups is 1. The van der Waals surface area contributed by atoms with E-state index in [1.54, 1.807) is 30.3 Å². The van der Waals surface area contributed by atoms with Gasteiger partial charge in [-0.3, -0.25) is 29.4 Å². The fourth-order valence-corrected chi connectivity index (χ4v) is 6.39. The summed E-state index contributed by atoms with van der Waals surface area (Å²) in [5, 5.41) is 16.4. The number of benzene rings is 2. The van der Waals surface area contributed by atoms with Crippen molar-refractivity contribution in [3.05, 3.63) is 63.4 Å². The van der Waals surface area contributed by atoms with Crippen molar-refractivity contribution in [1.29, 1.82) is 0 Å². The van der Waals surface area contributed by atoms with E-state index in [1.165, 1.54) is 23.5 Å². The monoisotopic (exact) mass is 606 g/mol. The van der Waals surface area contributed by atoms with Crippen molar-refractivity contribution in [3.8, 4) is 17.2 Å². The summed E-state index contributed by atoms with van der Waals surface area (Å²) in [6, 6.07) is 12.3. The van der Waals surface area contributed by atoms with Crippen molar-refractivity contribution >= 4 is 57.8 Å². The molecule has 3 saturated heterocycles. The van der Waals surface area contributed by atoms with E-state index in [0.717, 1.165) is 50.4 Å². The number of piperazine rings is 1. The zero-order valence-corrected chi connectivity index (χ0v) is 24.4. The number of phenols is 1. The molecule has 218 valence electrons. The van der Waals surface area contributed by atoms with Crippen LogP contribution in [0.15, 0.2) is 62.3 Å². The van der Waals surface area contributed by atoms with E-state index in [-0.39, 0.29) is 24.4 Å². The number of thioether (sulfide) groups is 2. The van der Waals surface area contributed by atoms with Gasteiger partial charge in [-0.25, -0.2) is 0 Å². The lowest BCUT2D eigenvalue weighted by atomic mass is 10.2. The van der Waals surface area contributed by atoms with Crippen LogP contribution in [0.1, 0.15) is 11.1 Å². The topological polar surface area (TPSA) is 128 Å². The number of hydrogen-bond acceptors (Lipinski definition) is 11. The van der Waals surface area contributed by atoms with Crippen LogP contribution < -0.4 is 20.1 Å². The lowest BCUT2D eigenvalue weighted by molar-refractivity contribution is -0.116. The number of fused-ring (bicyclic) bond motifs is 1. The molecule has 0 atom stereocenters. The molecule has 3 N–H and O–H groups in total. The van der Waals surface area contributed by atoms with Crippen LogP contribution in [0, 0.1) is 0 Å². The molecule has 0 spiro atoms. The Morgan fingerprint density at radius 1 is 0.762 bits per heavy atom. The van der Waals surface area contributed by atoms with Gasteiger partial charge in [0.25, 0.3) is 11.8 Å². The molecule has 11 nitrogen and oxygen atoms in total. The molecule has 0 bridgehead atoms. The minimum atomic E-state index is -0.156. The Kier molecular flexibility index (Phi) is 8.79. The summed E-state index contributed by atoms with van der Waals surface area (Å²) >= 11 is 2.69. The average Bonchev–Trinajstić information content (AvgIpc) is 3.69. The van der Waals surface area contributed by atoms with Gasteiger partial charge in [0, 0.05) is 39.3 Å². The molecular weight excluding hydrogens is 576 g/mol. The third kappa shape index (κ3) is 7.16. The summed E-state index contributed by atoms with van der Waals surface area (Å²) in [6.45, 7) is 6.88. The molecule has 13 heteroatoms. The van der Waals surface area contributed by atoms with Gasteiger partial charge in [-0.2, -0.15) is 0 Å². The summed E-state index contributed by atoms with van der Waals surface area (Å²) in [4.78, 5) is 39.8. The Hall–Kier alpha value is -3.78. The second-order valence-corrected chi connectivity index (χ2v) is 12.0. The minimum Gasteiger partial charge on any atom is -0.508 e. The second kappa shape index (κ2) is 13.0. The standard InChI is InChI=1S/C29H30N6O5S2/c36-21-4-1-19(2-5-21)16-24-26(37)32-28(41-24)30-7-9-34-11-13-35(14-12-34)10-8-31-29-33-27(38)25(42-29)17-20-3-6-22-23(15-20)40-18-39-22/h1-6,15-17,36H,7-14,18H2,(H,30,32,37)(H,31,33,38)/b24-16-,25-17-. The maximum absolute atomic E-state index is 12.4. The molecule has 42 heavy (non-hydrogen) atoms. The summed E-state index contributed by atoms with van der Waals surface area (Å²) in [5.41, 5.74) is 1.73. The highest BCUT2D eigenvalue weighted by atomic mass is 32.2. The molecule has 6 rings (SSSR count). The maximum atomic E-state index is 12.4. The number of rotatable bonds is 8. The van der Waals surface area contributed by atoms with E-state index in [0.29, 0.717) is 44.7 Å². The Labute approximate surface area is 251 Å². The molecule has 3 fully saturated rings. The van der Waals surface area contributed by atoms with Gasteiger partial charge in [-0.05, 0) is 71.1 Å². The van der Waals surface area contributed by atoms with Crippen molar-refractivity contribution in [2.75, 3.05) is 59.2 Å². The second-order valence-electron chi connectivity index (χ2n) is 9.89. The lowest BCUT2D eigenvalue weighted by Gasteiger charge is -2.34. The van der Waals surface area contributed by atoms with Crippen molar-refractivity contribution in [1.82, 2.24) is 20.4 Å². The summed E-state index contributed by atoms with van der Waals surface area (Å²) < 4.78 is 10.8. The quantitative estimate of drug-likeness (QED) is 0.389. The Morgan fingerprint density at radius 3 is 1.88 bits per heavy atom. The normalized spacial score (nSPS) is 23.0.